The van der Waals surface area contributed by atoms with Crippen LogP contribution in [0.1, 0.15) is 0 Å². The Hall–Kier alpha value is -2.21. The number of hydrogen-bond donors (Lipinski definition) is 5. The van der Waals surface area contributed by atoms with Crippen LogP contribution >= 0.6 is 0 Å². The number of hydrogen-bond acceptors (Lipinski definition) is 10. The van der Waals surface area contributed by atoms with E-state index >= 15 is 0 Å². The summed E-state index contributed by atoms with van der Waals surface area (Å²) in [4.78, 5) is 17.0. The zero-order chi connectivity index (χ0) is 15.1. The fourth-order valence-corrected chi connectivity index (χ4v) is 2.06. The van der Waals surface area contributed by atoms with E-state index in [2.05, 4.69) is 15.0 Å². The number of fused-ring (bicyclic) bond motifs is 1. The molecule has 0 radical (unpaired) electrons. The summed E-state index contributed by atoms with van der Waals surface area (Å²) in [5.74, 6) is 0.0208. The second kappa shape index (κ2) is 4.96. The SMILES string of the molecule is Nc1nc(N)c2ncn(O[C@@H]3O[C@H](CO)[C@@H](O)[C@H]3O)c2n1. The van der Waals surface area contributed by atoms with Gasteiger partial charge in [0.2, 0.25) is 11.6 Å². The smallest absolute Gasteiger partial charge is 0.254 e. The predicted molar refractivity (Wildman–Crippen MR) is 68.5 cm³/mol. The number of ether oxygens (including phenoxy) is 1. The lowest BCUT2D eigenvalue weighted by Gasteiger charge is -2.16. The molecule has 0 aromatic carbocycles. The summed E-state index contributed by atoms with van der Waals surface area (Å²) in [6.07, 6.45) is -3.49. The van der Waals surface area contributed by atoms with Crippen LogP contribution in [0.25, 0.3) is 11.2 Å². The summed E-state index contributed by atoms with van der Waals surface area (Å²) < 4.78 is 6.29. The summed E-state index contributed by atoms with van der Waals surface area (Å²) >= 11 is 0. The van der Waals surface area contributed by atoms with Gasteiger partial charge in [-0.3, -0.25) is 0 Å². The van der Waals surface area contributed by atoms with E-state index in [-0.39, 0.29) is 22.9 Å². The molecule has 0 aliphatic carbocycles. The molecule has 0 unspecified atom stereocenters. The van der Waals surface area contributed by atoms with Crippen molar-refractivity contribution in [3.05, 3.63) is 6.33 Å². The van der Waals surface area contributed by atoms with Crippen LogP contribution in [0.5, 0.6) is 0 Å². The van der Waals surface area contributed by atoms with Crippen molar-refractivity contribution >= 4 is 22.9 Å². The molecule has 1 aliphatic heterocycles. The Balaban J connectivity index is 1.89. The number of aliphatic hydroxyl groups excluding tert-OH is 3. The van der Waals surface area contributed by atoms with Crippen molar-refractivity contribution in [2.45, 2.75) is 24.6 Å². The molecule has 11 nitrogen and oxygen atoms in total. The van der Waals surface area contributed by atoms with Gasteiger partial charge in [0.05, 0.1) is 6.61 Å². The molecule has 0 saturated carbocycles. The molecular weight excluding hydrogens is 284 g/mol. The second-order valence-corrected chi connectivity index (χ2v) is 4.52. The lowest BCUT2D eigenvalue weighted by Crippen LogP contribution is -2.38. The summed E-state index contributed by atoms with van der Waals surface area (Å²) in [6, 6.07) is 0. The molecule has 0 bridgehead atoms. The van der Waals surface area contributed by atoms with Gasteiger partial charge in [-0.05, 0) is 0 Å². The third-order valence-electron chi connectivity index (χ3n) is 3.13. The number of rotatable bonds is 3. The molecule has 4 atom stereocenters. The number of nitrogens with two attached hydrogens (primary N) is 2. The van der Waals surface area contributed by atoms with Crippen molar-refractivity contribution in [1.82, 2.24) is 19.7 Å². The number of nitrogen functional groups attached to an aromatic ring is 2. The maximum atomic E-state index is 9.81. The summed E-state index contributed by atoms with van der Waals surface area (Å²) in [6.45, 7) is -0.454. The Morgan fingerprint density at radius 3 is 2.71 bits per heavy atom. The first-order valence-electron chi connectivity index (χ1n) is 6.07. The molecule has 11 heteroatoms. The topological polar surface area (TPSA) is 175 Å². The van der Waals surface area contributed by atoms with Crippen molar-refractivity contribution in [1.29, 1.82) is 0 Å². The number of aromatic nitrogens is 4. The van der Waals surface area contributed by atoms with Crippen LogP contribution in [0.3, 0.4) is 0 Å². The summed E-state index contributed by atoms with van der Waals surface area (Å²) in [5.41, 5.74) is 11.6. The maximum Gasteiger partial charge on any atom is 0.254 e. The molecule has 114 valence electrons. The molecule has 3 rings (SSSR count). The third-order valence-corrected chi connectivity index (χ3v) is 3.13. The molecule has 1 fully saturated rings. The fourth-order valence-electron chi connectivity index (χ4n) is 2.06. The van der Waals surface area contributed by atoms with Gasteiger partial charge in [-0.2, -0.15) is 9.97 Å². The zero-order valence-corrected chi connectivity index (χ0v) is 10.7. The number of anilines is 2. The quantitative estimate of drug-likeness (QED) is 0.389. The average Bonchev–Trinajstić information content (AvgIpc) is 2.96. The Morgan fingerprint density at radius 2 is 2.05 bits per heavy atom. The second-order valence-electron chi connectivity index (χ2n) is 4.52. The summed E-state index contributed by atoms with van der Waals surface area (Å²) in [7, 11) is 0. The van der Waals surface area contributed by atoms with E-state index in [0.717, 1.165) is 4.73 Å². The minimum Gasteiger partial charge on any atom is -0.394 e. The van der Waals surface area contributed by atoms with Gasteiger partial charge in [-0.1, -0.05) is 0 Å². The normalized spacial score (nSPS) is 29.1. The van der Waals surface area contributed by atoms with E-state index in [9.17, 15) is 10.2 Å². The van der Waals surface area contributed by atoms with Crippen LogP contribution in [-0.4, -0.2) is 66.2 Å². The van der Waals surface area contributed by atoms with Crippen LogP contribution in [0.4, 0.5) is 11.8 Å². The van der Waals surface area contributed by atoms with Crippen molar-refractivity contribution in [2.24, 2.45) is 0 Å². The van der Waals surface area contributed by atoms with Crippen molar-refractivity contribution < 1.29 is 24.9 Å². The number of imidazole rings is 1. The van der Waals surface area contributed by atoms with Gasteiger partial charge in [0.25, 0.3) is 6.29 Å². The van der Waals surface area contributed by atoms with Crippen LogP contribution < -0.4 is 16.3 Å². The molecular formula is C10H14N6O5. The van der Waals surface area contributed by atoms with Gasteiger partial charge in [0.15, 0.2) is 11.3 Å². The van der Waals surface area contributed by atoms with E-state index in [1.165, 1.54) is 6.33 Å². The Kier molecular flexibility index (Phi) is 3.25. The molecule has 3 heterocycles. The first kappa shape index (κ1) is 13.8. The Morgan fingerprint density at radius 1 is 1.29 bits per heavy atom. The van der Waals surface area contributed by atoms with E-state index in [0.29, 0.717) is 0 Å². The largest absolute Gasteiger partial charge is 0.394 e. The highest BCUT2D eigenvalue weighted by molar-refractivity contribution is 5.82. The van der Waals surface area contributed by atoms with E-state index in [4.69, 9.17) is 26.1 Å². The highest BCUT2D eigenvalue weighted by atomic mass is 16.8. The molecule has 0 spiro atoms. The number of aliphatic hydroxyl groups is 3. The van der Waals surface area contributed by atoms with Gasteiger partial charge in [-0.15, -0.1) is 4.73 Å². The van der Waals surface area contributed by atoms with Crippen LogP contribution in [0, 0.1) is 0 Å². The lowest BCUT2D eigenvalue weighted by atomic mass is 10.1. The standard InChI is InChI=1S/C10H14N6O5/c11-7-4-8(15-10(12)14-7)16(2-13-4)21-9-6(19)5(18)3(1-17)20-9/h2-3,5-6,9,17-19H,1H2,(H4,11,12,14,15)/t3-,5-,6-,9+/m1/s1. The molecule has 1 aliphatic rings. The highest BCUT2D eigenvalue weighted by Crippen LogP contribution is 2.22. The zero-order valence-electron chi connectivity index (χ0n) is 10.7. The first-order chi connectivity index (χ1) is 10.0. The van der Waals surface area contributed by atoms with E-state index < -0.39 is 31.2 Å². The van der Waals surface area contributed by atoms with Crippen molar-refractivity contribution in [3.63, 3.8) is 0 Å². The fraction of sp³-hybridized carbons (Fsp3) is 0.500. The average molecular weight is 298 g/mol. The molecule has 7 N–H and O–H groups in total. The maximum absolute atomic E-state index is 9.81. The van der Waals surface area contributed by atoms with E-state index in [1.807, 2.05) is 0 Å². The number of nitrogens with zero attached hydrogens (tertiary/aromatic N) is 4. The van der Waals surface area contributed by atoms with Gasteiger partial charge in [0, 0.05) is 0 Å². The minimum atomic E-state index is -1.34. The molecule has 2 aromatic rings. The van der Waals surface area contributed by atoms with Gasteiger partial charge < -0.3 is 36.4 Å². The van der Waals surface area contributed by atoms with Gasteiger partial charge >= 0.3 is 0 Å². The monoisotopic (exact) mass is 298 g/mol. The third kappa shape index (κ3) is 2.21. The molecule has 0 amide bonds. The lowest BCUT2D eigenvalue weighted by molar-refractivity contribution is -0.169. The first-order valence-corrected chi connectivity index (χ1v) is 6.07. The molecule has 2 aromatic heterocycles. The minimum absolute atomic E-state index is 0.0634. The van der Waals surface area contributed by atoms with Crippen LogP contribution in [0.2, 0.25) is 0 Å². The van der Waals surface area contributed by atoms with Gasteiger partial charge in [0.1, 0.15) is 24.6 Å². The Labute approximate surface area is 117 Å². The van der Waals surface area contributed by atoms with Crippen molar-refractivity contribution in [2.75, 3.05) is 18.1 Å². The van der Waals surface area contributed by atoms with Crippen LogP contribution in [0.15, 0.2) is 6.33 Å². The van der Waals surface area contributed by atoms with Gasteiger partial charge in [-0.25, -0.2) is 4.98 Å². The molecule has 1 saturated heterocycles. The summed E-state index contributed by atoms with van der Waals surface area (Å²) in [5, 5.41) is 28.5. The molecule has 21 heavy (non-hydrogen) atoms. The Bertz CT molecular complexity index is 663. The highest BCUT2D eigenvalue weighted by Gasteiger charge is 2.44. The van der Waals surface area contributed by atoms with Crippen molar-refractivity contribution in [3.8, 4) is 0 Å². The van der Waals surface area contributed by atoms with E-state index in [1.54, 1.807) is 0 Å². The predicted octanol–water partition coefficient (Wildman–Crippen LogP) is -3.14. The van der Waals surface area contributed by atoms with Crippen LogP contribution in [-0.2, 0) is 4.74 Å².